The van der Waals surface area contributed by atoms with Crippen molar-refractivity contribution in [3.05, 3.63) is 58.1 Å². The van der Waals surface area contributed by atoms with E-state index in [2.05, 4.69) is 6.07 Å². The summed E-state index contributed by atoms with van der Waals surface area (Å²) in [6.07, 6.45) is 0. The van der Waals surface area contributed by atoms with E-state index in [1.54, 1.807) is 25.3 Å². The molecule has 18 heavy (non-hydrogen) atoms. The molecule has 0 fully saturated rings. The fourth-order valence-electron chi connectivity index (χ4n) is 1.79. The van der Waals surface area contributed by atoms with Crippen LogP contribution in [0.3, 0.4) is 0 Å². The van der Waals surface area contributed by atoms with Crippen LogP contribution < -0.4 is 4.74 Å². The zero-order valence-corrected chi connectivity index (χ0v) is 10.1. The molecule has 0 spiro atoms. The number of ether oxygens (including phenoxy) is 1. The summed E-state index contributed by atoms with van der Waals surface area (Å²) < 4.78 is 5.15. The highest BCUT2D eigenvalue weighted by Gasteiger charge is 2.09. The Kier molecular flexibility index (Phi) is 3.28. The number of hydrogen-bond acceptors (Lipinski definition) is 3. The first-order valence-electron chi connectivity index (χ1n) is 5.43. The Balaban J connectivity index is 2.47. The molecule has 0 heterocycles. The molecule has 4 nitrogen and oxygen atoms in total. The third-order valence-electron chi connectivity index (χ3n) is 2.72. The molecule has 0 aliphatic carbocycles. The number of nitro groups is 1. The van der Waals surface area contributed by atoms with E-state index in [4.69, 9.17) is 4.74 Å². The molecule has 2 aromatic rings. The van der Waals surface area contributed by atoms with Gasteiger partial charge in [0.05, 0.1) is 12.0 Å². The number of benzene rings is 2. The molecule has 1 radical (unpaired) electrons. The largest absolute Gasteiger partial charge is 0.497 e. The zero-order valence-electron chi connectivity index (χ0n) is 10.1. The van der Waals surface area contributed by atoms with Gasteiger partial charge in [-0.3, -0.25) is 10.1 Å². The molecule has 0 aromatic heterocycles. The van der Waals surface area contributed by atoms with Crippen molar-refractivity contribution < 1.29 is 9.66 Å². The molecule has 2 aromatic carbocycles. The fraction of sp³-hybridized carbons (Fsp3) is 0.143. The first kappa shape index (κ1) is 12.1. The van der Waals surface area contributed by atoms with E-state index in [1.165, 1.54) is 6.07 Å². The predicted molar refractivity (Wildman–Crippen MR) is 68.7 cm³/mol. The number of hydrogen-bond donors (Lipinski definition) is 0. The van der Waals surface area contributed by atoms with Crippen molar-refractivity contribution in [2.75, 3.05) is 7.11 Å². The summed E-state index contributed by atoms with van der Waals surface area (Å²) in [6.45, 7) is 1.84. The maximum absolute atomic E-state index is 10.7. The van der Waals surface area contributed by atoms with E-state index < -0.39 is 4.92 Å². The molecule has 0 atom stereocenters. The highest BCUT2D eigenvalue weighted by atomic mass is 16.6. The molecule has 4 heteroatoms. The van der Waals surface area contributed by atoms with Crippen LogP contribution in [0.25, 0.3) is 11.1 Å². The first-order chi connectivity index (χ1) is 8.61. The van der Waals surface area contributed by atoms with Gasteiger partial charge in [-0.15, -0.1) is 0 Å². The molecule has 0 aliphatic rings. The van der Waals surface area contributed by atoms with Crippen molar-refractivity contribution in [1.29, 1.82) is 0 Å². The van der Waals surface area contributed by atoms with E-state index in [0.29, 0.717) is 0 Å². The lowest BCUT2D eigenvalue weighted by atomic mass is 10.00. The number of rotatable bonds is 3. The lowest BCUT2D eigenvalue weighted by Gasteiger charge is -2.07. The molecule has 0 unspecified atom stereocenters. The van der Waals surface area contributed by atoms with Gasteiger partial charge in [-0.25, -0.2) is 0 Å². The van der Waals surface area contributed by atoms with Gasteiger partial charge in [0.25, 0.3) is 5.69 Å². The van der Waals surface area contributed by atoms with Crippen LogP contribution in [0.4, 0.5) is 5.69 Å². The summed E-state index contributed by atoms with van der Waals surface area (Å²) in [6, 6.07) is 13.3. The first-order valence-corrected chi connectivity index (χ1v) is 5.43. The van der Waals surface area contributed by atoms with Gasteiger partial charge in [-0.1, -0.05) is 6.07 Å². The number of aryl methyl sites for hydroxylation is 1. The molecule has 0 aliphatic heterocycles. The number of nitro benzene ring substituents is 1. The quantitative estimate of drug-likeness (QED) is 0.612. The Morgan fingerprint density at radius 2 is 2.06 bits per heavy atom. The van der Waals surface area contributed by atoms with Gasteiger partial charge in [0.15, 0.2) is 0 Å². The minimum absolute atomic E-state index is 0.0964. The zero-order chi connectivity index (χ0) is 13.1. The molecule has 91 valence electrons. The van der Waals surface area contributed by atoms with Gasteiger partial charge in [0.2, 0.25) is 0 Å². The van der Waals surface area contributed by atoms with Gasteiger partial charge >= 0.3 is 0 Å². The summed E-state index contributed by atoms with van der Waals surface area (Å²) in [7, 11) is 1.60. The summed E-state index contributed by atoms with van der Waals surface area (Å²) >= 11 is 0. The van der Waals surface area contributed by atoms with Crippen LogP contribution in [0.5, 0.6) is 5.75 Å². The molecule has 0 saturated carbocycles. The van der Waals surface area contributed by atoms with E-state index >= 15 is 0 Å². The summed E-state index contributed by atoms with van der Waals surface area (Å²) in [5.74, 6) is 0.738. The van der Waals surface area contributed by atoms with Crippen molar-refractivity contribution in [3.63, 3.8) is 0 Å². The van der Waals surface area contributed by atoms with Crippen molar-refractivity contribution in [1.82, 2.24) is 0 Å². The normalized spacial score (nSPS) is 10.1. The molecular weight excluding hydrogens is 230 g/mol. The number of nitrogens with zero attached hydrogens (tertiary/aromatic N) is 1. The topological polar surface area (TPSA) is 52.4 Å². The fourth-order valence-corrected chi connectivity index (χ4v) is 1.79. The van der Waals surface area contributed by atoms with Crippen LogP contribution in [-0.2, 0) is 0 Å². The second kappa shape index (κ2) is 4.87. The van der Waals surface area contributed by atoms with Crippen LogP contribution >= 0.6 is 0 Å². The SMILES string of the molecule is COc1cc[c]c(-c2ccc([N+](=O)[O-])cc2C)c1. The van der Waals surface area contributed by atoms with E-state index in [1.807, 2.05) is 19.1 Å². The van der Waals surface area contributed by atoms with Crippen LogP contribution in [-0.4, -0.2) is 12.0 Å². The van der Waals surface area contributed by atoms with Gasteiger partial charge in [-0.05, 0) is 47.9 Å². The van der Waals surface area contributed by atoms with Crippen LogP contribution in [0.1, 0.15) is 5.56 Å². The summed E-state index contributed by atoms with van der Waals surface area (Å²) in [4.78, 5) is 10.3. The Morgan fingerprint density at radius 3 is 2.67 bits per heavy atom. The maximum atomic E-state index is 10.7. The average Bonchev–Trinajstić information content (AvgIpc) is 2.38. The van der Waals surface area contributed by atoms with E-state index in [-0.39, 0.29) is 5.69 Å². The average molecular weight is 242 g/mol. The summed E-state index contributed by atoms with van der Waals surface area (Å²) in [5, 5.41) is 10.7. The van der Waals surface area contributed by atoms with Gasteiger partial charge in [-0.2, -0.15) is 0 Å². The van der Waals surface area contributed by atoms with Crippen molar-refractivity contribution >= 4 is 5.69 Å². The summed E-state index contributed by atoms with van der Waals surface area (Å²) in [5.41, 5.74) is 2.72. The van der Waals surface area contributed by atoms with Gasteiger partial charge in [0, 0.05) is 12.1 Å². The van der Waals surface area contributed by atoms with Crippen molar-refractivity contribution in [2.24, 2.45) is 0 Å². The number of methoxy groups -OCH3 is 1. The minimum atomic E-state index is -0.397. The van der Waals surface area contributed by atoms with Gasteiger partial charge in [0.1, 0.15) is 5.75 Å². The molecule has 2 rings (SSSR count). The smallest absolute Gasteiger partial charge is 0.269 e. The Labute approximate surface area is 105 Å². The standard InChI is InChI=1S/C14H12NO3/c1-10-8-12(15(16)17)6-7-14(10)11-4-3-5-13(9-11)18-2/h3,5-9H,1-2H3. The number of non-ortho nitro benzene ring substituents is 1. The third-order valence-corrected chi connectivity index (χ3v) is 2.72. The highest BCUT2D eigenvalue weighted by Crippen LogP contribution is 2.28. The lowest BCUT2D eigenvalue weighted by molar-refractivity contribution is -0.384. The maximum Gasteiger partial charge on any atom is 0.269 e. The van der Waals surface area contributed by atoms with E-state index in [9.17, 15) is 10.1 Å². The lowest BCUT2D eigenvalue weighted by Crippen LogP contribution is -1.91. The van der Waals surface area contributed by atoms with Crippen LogP contribution in [0, 0.1) is 23.1 Å². The molecule has 0 bridgehead atoms. The van der Waals surface area contributed by atoms with Crippen LogP contribution in [0.15, 0.2) is 36.4 Å². The molecule has 0 saturated heterocycles. The van der Waals surface area contributed by atoms with Crippen molar-refractivity contribution in [2.45, 2.75) is 6.92 Å². The Hall–Kier alpha value is -2.36. The van der Waals surface area contributed by atoms with Crippen molar-refractivity contribution in [3.8, 4) is 16.9 Å². The van der Waals surface area contributed by atoms with Crippen LogP contribution in [0.2, 0.25) is 0 Å². The Bertz CT molecular complexity index is 593. The second-order valence-corrected chi connectivity index (χ2v) is 3.90. The van der Waals surface area contributed by atoms with E-state index in [0.717, 1.165) is 22.4 Å². The molecule has 0 amide bonds. The Morgan fingerprint density at radius 1 is 1.28 bits per heavy atom. The predicted octanol–water partition coefficient (Wildman–Crippen LogP) is 3.38. The monoisotopic (exact) mass is 242 g/mol. The molecular formula is C14H12NO3. The third kappa shape index (κ3) is 2.32. The minimum Gasteiger partial charge on any atom is -0.497 e. The van der Waals surface area contributed by atoms with Gasteiger partial charge < -0.3 is 4.74 Å². The highest BCUT2D eigenvalue weighted by molar-refractivity contribution is 5.69. The second-order valence-electron chi connectivity index (χ2n) is 3.90. The molecule has 0 N–H and O–H groups in total.